The fraction of sp³-hybridized carbons (Fsp3) is 0.143. The number of hydrogen-bond donors (Lipinski definition) is 1. The van der Waals surface area contributed by atoms with Gasteiger partial charge in [0.2, 0.25) is 11.7 Å². The van der Waals surface area contributed by atoms with Crippen molar-refractivity contribution in [3.05, 3.63) is 69.8 Å². The molecular weight excluding hydrogens is 395 g/mol. The largest absolute Gasteiger partial charge is 0.453 e. The molecule has 0 saturated heterocycles. The lowest BCUT2D eigenvalue weighted by Gasteiger charge is -2.07. The molecule has 1 N–H and O–H groups in total. The van der Waals surface area contributed by atoms with Crippen LogP contribution in [0.15, 0.2) is 48.5 Å². The van der Waals surface area contributed by atoms with E-state index in [1.54, 1.807) is 6.92 Å². The lowest BCUT2D eigenvalue weighted by atomic mass is 10.1. The van der Waals surface area contributed by atoms with Crippen LogP contribution in [0.3, 0.4) is 0 Å². The molecule has 1 amide bonds. The highest BCUT2D eigenvalue weighted by Crippen LogP contribution is 2.28. The molecule has 3 rings (SSSR count). The summed E-state index contributed by atoms with van der Waals surface area (Å²) in [4.78, 5) is 40.5. The van der Waals surface area contributed by atoms with Crippen molar-refractivity contribution in [2.24, 2.45) is 0 Å². The number of aromatic nitrogens is 1. The van der Waals surface area contributed by atoms with Crippen LogP contribution in [-0.4, -0.2) is 29.3 Å². The Morgan fingerprint density at radius 1 is 1.14 bits per heavy atom. The minimum atomic E-state index is -0.809. The minimum absolute atomic E-state index is 0.226. The van der Waals surface area contributed by atoms with E-state index in [2.05, 4.69) is 10.3 Å². The molecule has 1 aromatic heterocycles. The maximum absolute atomic E-state index is 14.2. The van der Waals surface area contributed by atoms with E-state index < -0.39 is 24.2 Å². The molecule has 0 aliphatic rings. The Morgan fingerprint density at radius 2 is 1.86 bits per heavy atom. The maximum Gasteiger partial charge on any atom is 0.351 e. The van der Waals surface area contributed by atoms with E-state index in [-0.39, 0.29) is 22.0 Å². The third kappa shape index (κ3) is 4.91. The molecule has 8 heteroatoms. The zero-order valence-electron chi connectivity index (χ0n) is 15.7. The number of carbonyl (C=O) groups excluding carboxylic acids is 3. The van der Waals surface area contributed by atoms with Crippen molar-refractivity contribution in [3.63, 3.8) is 0 Å². The minimum Gasteiger partial charge on any atom is -0.453 e. The van der Waals surface area contributed by atoms with Gasteiger partial charge in [-0.25, -0.2) is 14.2 Å². The number of hydrogen-bond acceptors (Lipinski definition) is 6. The van der Waals surface area contributed by atoms with Crippen LogP contribution in [0.4, 0.5) is 10.1 Å². The van der Waals surface area contributed by atoms with Gasteiger partial charge in [0.15, 0.2) is 6.61 Å². The first-order valence-electron chi connectivity index (χ1n) is 8.65. The molecule has 0 fully saturated rings. The summed E-state index contributed by atoms with van der Waals surface area (Å²) >= 11 is 1.16. The number of benzene rings is 2. The van der Waals surface area contributed by atoms with Gasteiger partial charge in [0.1, 0.15) is 10.7 Å². The molecule has 148 valence electrons. The van der Waals surface area contributed by atoms with Crippen LogP contribution >= 0.6 is 11.3 Å². The second-order valence-electron chi connectivity index (χ2n) is 6.15. The van der Waals surface area contributed by atoms with E-state index in [4.69, 9.17) is 4.74 Å². The quantitative estimate of drug-likeness (QED) is 0.483. The van der Waals surface area contributed by atoms with Crippen molar-refractivity contribution in [3.8, 4) is 11.3 Å². The Labute approximate surface area is 170 Å². The second-order valence-corrected chi connectivity index (χ2v) is 7.35. The number of nitrogens with zero attached hydrogens (tertiary/aromatic N) is 1. The molecule has 0 spiro atoms. The van der Waals surface area contributed by atoms with Crippen LogP contribution in [0, 0.1) is 12.7 Å². The first-order chi connectivity index (χ1) is 13.8. The highest BCUT2D eigenvalue weighted by Gasteiger charge is 2.21. The topological polar surface area (TPSA) is 85.4 Å². The Hall–Kier alpha value is -3.39. The Bertz CT molecular complexity index is 1080. The molecule has 0 bridgehead atoms. The summed E-state index contributed by atoms with van der Waals surface area (Å²) in [6.45, 7) is 2.45. The molecule has 2 aromatic carbocycles. The summed E-state index contributed by atoms with van der Waals surface area (Å²) < 4.78 is 19.3. The van der Waals surface area contributed by atoms with E-state index in [0.717, 1.165) is 23.0 Å². The van der Waals surface area contributed by atoms with Crippen molar-refractivity contribution < 1.29 is 23.5 Å². The lowest BCUT2D eigenvalue weighted by Crippen LogP contribution is -2.15. The van der Waals surface area contributed by atoms with Crippen molar-refractivity contribution >= 4 is 34.7 Å². The first kappa shape index (κ1) is 20.3. The van der Waals surface area contributed by atoms with Crippen molar-refractivity contribution in [2.75, 3.05) is 11.9 Å². The zero-order valence-corrected chi connectivity index (χ0v) is 16.5. The number of thiazole rings is 1. The number of rotatable bonds is 6. The van der Waals surface area contributed by atoms with E-state index >= 15 is 0 Å². The lowest BCUT2D eigenvalue weighted by molar-refractivity contribution is -0.114. The molecule has 0 radical (unpaired) electrons. The number of ketones is 1. The van der Waals surface area contributed by atoms with Crippen LogP contribution in [0.2, 0.25) is 0 Å². The number of anilines is 1. The molecular formula is C21H17FN2O4S. The summed E-state index contributed by atoms with van der Waals surface area (Å²) in [6.07, 6.45) is 0. The molecule has 6 nitrogen and oxygen atoms in total. The van der Waals surface area contributed by atoms with Gasteiger partial charge >= 0.3 is 5.97 Å². The van der Waals surface area contributed by atoms with Gasteiger partial charge in [-0.1, -0.05) is 30.3 Å². The van der Waals surface area contributed by atoms with Gasteiger partial charge < -0.3 is 10.1 Å². The predicted molar refractivity (Wildman–Crippen MR) is 108 cm³/mol. The standard InChI is InChI=1S/C21H17FN2O4S/c1-12(25)23-15-8-9-16(17(22)10-15)18(26)11-28-21(27)20-19(24-13(2)29-20)14-6-4-3-5-7-14/h3-10H,11H2,1-2H3,(H,23,25). The van der Waals surface area contributed by atoms with Gasteiger partial charge in [0.25, 0.3) is 0 Å². The normalized spacial score (nSPS) is 10.4. The predicted octanol–water partition coefficient (Wildman–Crippen LogP) is 4.26. The van der Waals surface area contributed by atoms with Crippen LogP contribution < -0.4 is 5.32 Å². The molecule has 0 aliphatic heterocycles. The van der Waals surface area contributed by atoms with Crippen LogP contribution in [0.5, 0.6) is 0 Å². The summed E-state index contributed by atoms with van der Waals surface area (Å²) in [5, 5.41) is 3.11. The molecule has 0 saturated carbocycles. The average molecular weight is 412 g/mol. The molecule has 0 unspecified atom stereocenters. The van der Waals surface area contributed by atoms with E-state index in [0.29, 0.717) is 10.7 Å². The van der Waals surface area contributed by atoms with E-state index in [1.807, 2.05) is 30.3 Å². The number of carbonyl (C=O) groups is 3. The molecule has 1 heterocycles. The van der Waals surface area contributed by atoms with Gasteiger partial charge in [-0.15, -0.1) is 11.3 Å². The number of aryl methyl sites for hydroxylation is 1. The summed E-state index contributed by atoms with van der Waals surface area (Å²) in [5.74, 6) is -2.55. The van der Waals surface area contributed by atoms with Gasteiger partial charge in [-0.05, 0) is 25.1 Å². The molecule has 0 aliphatic carbocycles. The summed E-state index contributed by atoms with van der Waals surface area (Å²) in [7, 11) is 0. The Morgan fingerprint density at radius 3 is 2.52 bits per heavy atom. The van der Waals surface area contributed by atoms with Crippen LogP contribution in [-0.2, 0) is 9.53 Å². The fourth-order valence-electron chi connectivity index (χ4n) is 2.65. The van der Waals surface area contributed by atoms with Gasteiger partial charge in [0, 0.05) is 18.2 Å². The number of esters is 1. The molecule has 29 heavy (non-hydrogen) atoms. The third-order valence-corrected chi connectivity index (χ3v) is 4.84. The SMILES string of the molecule is CC(=O)Nc1ccc(C(=O)COC(=O)c2sc(C)nc2-c2ccccc2)c(F)c1. The molecule has 3 aromatic rings. The summed E-state index contributed by atoms with van der Waals surface area (Å²) in [6, 6.07) is 12.8. The number of nitrogens with one attached hydrogen (secondary N) is 1. The maximum atomic E-state index is 14.2. The Balaban J connectivity index is 1.72. The first-order valence-corrected chi connectivity index (χ1v) is 9.47. The van der Waals surface area contributed by atoms with Gasteiger partial charge in [0.05, 0.1) is 16.3 Å². The monoisotopic (exact) mass is 412 g/mol. The van der Waals surface area contributed by atoms with Crippen molar-refractivity contribution in [1.29, 1.82) is 0 Å². The van der Waals surface area contributed by atoms with Gasteiger partial charge in [-0.3, -0.25) is 9.59 Å². The van der Waals surface area contributed by atoms with E-state index in [9.17, 15) is 18.8 Å². The van der Waals surface area contributed by atoms with Crippen molar-refractivity contribution in [1.82, 2.24) is 4.98 Å². The highest BCUT2D eigenvalue weighted by molar-refractivity contribution is 7.14. The summed E-state index contributed by atoms with van der Waals surface area (Å²) in [5.41, 5.74) is 1.25. The third-order valence-electron chi connectivity index (χ3n) is 3.89. The number of ether oxygens (including phenoxy) is 1. The highest BCUT2D eigenvalue weighted by atomic mass is 32.1. The fourth-order valence-corrected chi connectivity index (χ4v) is 3.49. The smallest absolute Gasteiger partial charge is 0.351 e. The van der Waals surface area contributed by atoms with Crippen LogP contribution in [0.25, 0.3) is 11.3 Å². The van der Waals surface area contributed by atoms with Crippen LogP contribution in [0.1, 0.15) is 32.0 Å². The number of halogens is 1. The average Bonchev–Trinajstić information content (AvgIpc) is 3.08. The van der Waals surface area contributed by atoms with Gasteiger partial charge in [-0.2, -0.15) is 0 Å². The number of amides is 1. The Kier molecular flexibility index (Phi) is 6.13. The van der Waals surface area contributed by atoms with E-state index in [1.165, 1.54) is 19.1 Å². The van der Waals surface area contributed by atoms with Crippen molar-refractivity contribution in [2.45, 2.75) is 13.8 Å². The number of Topliss-reactive ketones (excluding diaryl/α,β-unsaturated/α-hetero) is 1. The molecule has 0 atom stereocenters. The zero-order chi connectivity index (χ0) is 21.0. The second kappa shape index (κ2) is 8.74.